The first-order valence-corrected chi connectivity index (χ1v) is 7.84. The molecule has 1 unspecified atom stereocenters. The van der Waals surface area contributed by atoms with Gasteiger partial charge in [-0.3, -0.25) is 9.69 Å². The Bertz CT molecular complexity index is 253. The minimum atomic E-state index is -0.138. The summed E-state index contributed by atoms with van der Waals surface area (Å²) in [7, 11) is 0. The zero-order valence-corrected chi connectivity index (χ0v) is 12.5. The molecule has 0 aromatic rings. The highest BCUT2D eigenvalue weighted by Crippen LogP contribution is 2.17. The van der Waals surface area contributed by atoms with Crippen LogP contribution in [0.25, 0.3) is 0 Å². The Morgan fingerprint density at radius 2 is 2.00 bits per heavy atom. The van der Waals surface area contributed by atoms with E-state index in [-0.39, 0.29) is 18.6 Å². The Labute approximate surface area is 117 Å². The smallest absolute Gasteiger partial charge is 0.237 e. The van der Waals surface area contributed by atoms with Gasteiger partial charge in [-0.2, -0.15) is 0 Å². The highest BCUT2D eigenvalue weighted by atomic mass is 16.3. The van der Waals surface area contributed by atoms with Gasteiger partial charge in [-0.25, -0.2) is 0 Å². The van der Waals surface area contributed by atoms with Crippen LogP contribution in [0.2, 0.25) is 0 Å². The zero-order chi connectivity index (χ0) is 14.1. The fourth-order valence-electron chi connectivity index (χ4n) is 2.72. The van der Waals surface area contributed by atoms with Crippen molar-refractivity contribution < 1.29 is 9.90 Å². The average Bonchev–Trinajstić information content (AvgIpc) is 2.43. The fraction of sp³-hybridized carbons (Fsp3) is 0.933. The van der Waals surface area contributed by atoms with Crippen molar-refractivity contribution in [1.82, 2.24) is 10.2 Å². The van der Waals surface area contributed by atoms with Crippen LogP contribution in [-0.2, 0) is 4.79 Å². The monoisotopic (exact) mass is 270 g/mol. The number of carbonyl (C=O) groups excluding carboxylic acids is 1. The molecule has 0 heterocycles. The molecule has 1 rings (SSSR count). The van der Waals surface area contributed by atoms with E-state index in [0.29, 0.717) is 12.6 Å². The third kappa shape index (κ3) is 5.91. The number of aliphatic hydroxyl groups excluding tert-OH is 1. The maximum atomic E-state index is 12.3. The Morgan fingerprint density at radius 3 is 2.58 bits per heavy atom. The number of rotatable bonds is 8. The SMILES string of the molecule is CCCCN(CCO)C(C)C(=O)NC1CCCCC1. The number of hydrogen-bond acceptors (Lipinski definition) is 3. The summed E-state index contributed by atoms with van der Waals surface area (Å²) in [6.07, 6.45) is 8.18. The van der Waals surface area contributed by atoms with Gasteiger partial charge < -0.3 is 10.4 Å². The van der Waals surface area contributed by atoms with E-state index in [1.807, 2.05) is 6.92 Å². The van der Waals surface area contributed by atoms with Crippen molar-refractivity contribution in [2.75, 3.05) is 19.7 Å². The molecular weight excluding hydrogens is 240 g/mol. The van der Waals surface area contributed by atoms with Gasteiger partial charge in [-0.1, -0.05) is 32.6 Å². The van der Waals surface area contributed by atoms with E-state index in [2.05, 4.69) is 17.1 Å². The lowest BCUT2D eigenvalue weighted by molar-refractivity contribution is -0.127. The summed E-state index contributed by atoms with van der Waals surface area (Å²) >= 11 is 0. The van der Waals surface area contributed by atoms with E-state index in [9.17, 15) is 4.79 Å². The molecule has 0 saturated heterocycles. The van der Waals surface area contributed by atoms with Crippen molar-refractivity contribution in [2.24, 2.45) is 0 Å². The van der Waals surface area contributed by atoms with E-state index in [4.69, 9.17) is 5.11 Å². The number of unbranched alkanes of at least 4 members (excludes halogenated alkanes) is 1. The number of nitrogens with one attached hydrogen (secondary N) is 1. The number of amides is 1. The maximum Gasteiger partial charge on any atom is 0.237 e. The average molecular weight is 270 g/mol. The molecule has 19 heavy (non-hydrogen) atoms. The van der Waals surface area contributed by atoms with E-state index >= 15 is 0 Å². The largest absolute Gasteiger partial charge is 0.395 e. The molecule has 0 aliphatic heterocycles. The minimum absolute atomic E-state index is 0.116. The molecule has 1 fully saturated rings. The predicted molar refractivity (Wildman–Crippen MR) is 78.0 cm³/mol. The van der Waals surface area contributed by atoms with Crippen molar-refractivity contribution in [3.05, 3.63) is 0 Å². The Kier molecular flexibility index (Phi) is 8.07. The van der Waals surface area contributed by atoms with Crippen LogP contribution in [0.1, 0.15) is 58.8 Å². The number of hydrogen-bond donors (Lipinski definition) is 2. The van der Waals surface area contributed by atoms with E-state index < -0.39 is 0 Å². The molecule has 4 nitrogen and oxygen atoms in total. The molecule has 1 amide bonds. The van der Waals surface area contributed by atoms with Crippen LogP contribution in [-0.4, -0.2) is 47.7 Å². The quantitative estimate of drug-likeness (QED) is 0.708. The lowest BCUT2D eigenvalue weighted by Crippen LogP contribution is -2.49. The van der Waals surface area contributed by atoms with Crippen LogP contribution in [0.5, 0.6) is 0 Å². The summed E-state index contributed by atoms with van der Waals surface area (Å²) in [6, 6.07) is 0.228. The second-order valence-corrected chi connectivity index (χ2v) is 5.63. The Balaban J connectivity index is 2.41. The molecule has 2 N–H and O–H groups in total. The fourth-order valence-corrected chi connectivity index (χ4v) is 2.72. The molecule has 0 radical (unpaired) electrons. The van der Waals surface area contributed by atoms with Crippen molar-refractivity contribution in [2.45, 2.75) is 70.9 Å². The number of carbonyl (C=O) groups is 1. The third-order valence-corrected chi connectivity index (χ3v) is 4.06. The molecule has 0 aromatic heterocycles. The van der Waals surface area contributed by atoms with Crippen LogP contribution >= 0.6 is 0 Å². The van der Waals surface area contributed by atoms with Crippen LogP contribution in [0.4, 0.5) is 0 Å². The van der Waals surface area contributed by atoms with Gasteiger partial charge in [0, 0.05) is 12.6 Å². The van der Waals surface area contributed by atoms with Gasteiger partial charge in [0.2, 0.25) is 5.91 Å². The molecule has 112 valence electrons. The van der Waals surface area contributed by atoms with Crippen LogP contribution in [0.15, 0.2) is 0 Å². The lowest BCUT2D eigenvalue weighted by atomic mass is 9.95. The second kappa shape index (κ2) is 9.32. The van der Waals surface area contributed by atoms with Gasteiger partial charge in [0.05, 0.1) is 12.6 Å². The van der Waals surface area contributed by atoms with Crippen molar-refractivity contribution in [3.63, 3.8) is 0 Å². The van der Waals surface area contributed by atoms with Gasteiger partial charge in [0.15, 0.2) is 0 Å². The van der Waals surface area contributed by atoms with E-state index in [1.165, 1.54) is 19.3 Å². The zero-order valence-electron chi connectivity index (χ0n) is 12.5. The topological polar surface area (TPSA) is 52.6 Å². The van der Waals surface area contributed by atoms with Crippen LogP contribution < -0.4 is 5.32 Å². The van der Waals surface area contributed by atoms with Gasteiger partial charge >= 0.3 is 0 Å². The molecule has 1 saturated carbocycles. The van der Waals surface area contributed by atoms with Crippen LogP contribution in [0, 0.1) is 0 Å². The molecule has 0 bridgehead atoms. The molecule has 1 atom stereocenters. The summed E-state index contributed by atoms with van der Waals surface area (Å²) in [6.45, 7) is 5.67. The highest BCUT2D eigenvalue weighted by molar-refractivity contribution is 5.81. The van der Waals surface area contributed by atoms with Crippen molar-refractivity contribution in [3.8, 4) is 0 Å². The molecule has 4 heteroatoms. The Morgan fingerprint density at radius 1 is 1.32 bits per heavy atom. The van der Waals surface area contributed by atoms with Crippen molar-refractivity contribution >= 4 is 5.91 Å². The maximum absolute atomic E-state index is 12.3. The summed E-state index contributed by atoms with van der Waals surface area (Å²) in [5.41, 5.74) is 0. The minimum Gasteiger partial charge on any atom is -0.395 e. The first-order valence-electron chi connectivity index (χ1n) is 7.84. The van der Waals surface area contributed by atoms with Gasteiger partial charge in [-0.15, -0.1) is 0 Å². The number of aliphatic hydroxyl groups is 1. The second-order valence-electron chi connectivity index (χ2n) is 5.63. The molecular formula is C15H30N2O2. The number of nitrogens with zero attached hydrogens (tertiary/aromatic N) is 1. The summed E-state index contributed by atoms with van der Waals surface area (Å²) in [5, 5.41) is 12.3. The predicted octanol–water partition coefficient (Wildman–Crippen LogP) is 1.92. The van der Waals surface area contributed by atoms with E-state index in [1.54, 1.807) is 0 Å². The highest BCUT2D eigenvalue weighted by Gasteiger charge is 2.23. The first-order chi connectivity index (χ1) is 9.19. The Hall–Kier alpha value is -0.610. The third-order valence-electron chi connectivity index (χ3n) is 4.06. The molecule has 0 aromatic carbocycles. The lowest BCUT2D eigenvalue weighted by Gasteiger charge is -2.30. The van der Waals surface area contributed by atoms with Crippen LogP contribution in [0.3, 0.4) is 0 Å². The first kappa shape index (κ1) is 16.4. The summed E-state index contributed by atoms with van der Waals surface area (Å²) in [4.78, 5) is 14.3. The summed E-state index contributed by atoms with van der Waals surface area (Å²) in [5.74, 6) is 0.122. The standard InChI is InChI=1S/C15H30N2O2/c1-3-4-10-17(11-12-18)13(2)15(19)16-14-8-6-5-7-9-14/h13-14,18H,3-12H2,1-2H3,(H,16,19). The molecule has 1 aliphatic carbocycles. The van der Waals surface area contributed by atoms with Gasteiger partial charge in [-0.05, 0) is 32.7 Å². The normalized spacial score (nSPS) is 18.5. The summed E-state index contributed by atoms with van der Waals surface area (Å²) < 4.78 is 0. The molecule has 0 spiro atoms. The van der Waals surface area contributed by atoms with Gasteiger partial charge in [0.25, 0.3) is 0 Å². The molecule has 1 aliphatic rings. The van der Waals surface area contributed by atoms with Crippen molar-refractivity contribution in [1.29, 1.82) is 0 Å². The van der Waals surface area contributed by atoms with Gasteiger partial charge in [0.1, 0.15) is 0 Å². The van der Waals surface area contributed by atoms with E-state index in [0.717, 1.165) is 32.2 Å².